The van der Waals surface area contributed by atoms with Crippen LogP contribution in [0.25, 0.3) is 0 Å². The molecule has 0 amide bonds. The van der Waals surface area contributed by atoms with Crippen molar-refractivity contribution < 1.29 is 4.39 Å². The summed E-state index contributed by atoms with van der Waals surface area (Å²) in [4.78, 5) is 0. The van der Waals surface area contributed by atoms with Gasteiger partial charge in [0.25, 0.3) is 0 Å². The number of nitrogens with two attached hydrogens (primary N) is 1. The van der Waals surface area contributed by atoms with E-state index in [4.69, 9.17) is 5.73 Å². The molecule has 0 aliphatic carbocycles. The largest absolute Gasteiger partial charge is 0.330 e. The van der Waals surface area contributed by atoms with E-state index in [2.05, 4.69) is 0 Å². The molecule has 2 atom stereocenters. The van der Waals surface area contributed by atoms with Gasteiger partial charge in [0.05, 0.1) is 0 Å². The van der Waals surface area contributed by atoms with E-state index < -0.39 is 5.67 Å². The quantitative estimate of drug-likeness (QED) is 0.673. The Morgan fingerprint density at radius 3 is 2.09 bits per heavy atom. The summed E-state index contributed by atoms with van der Waals surface area (Å²) in [6.45, 7) is 7.99. The molecular weight excluding hydrogens is 141 g/mol. The number of halogens is 1. The van der Waals surface area contributed by atoms with Crippen LogP contribution in [0.5, 0.6) is 0 Å². The standard InChI is InChI=1S/C9H20FN/c1-7(2)5-9(4,10)8(3)6-11/h7-8H,5-6,11H2,1-4H3. The van der Waals surface area contributed by atoms with Crippen molar-refractivity contribution >= 4 is 0 Å². The van der Waals surface area contributed by atoms with Gasteiger partial charge < -0.3 is 5.73 Å². The summed E-state index contributed by atoms with van der Waals surface area (Å²) in [5.41, 5.74) is 4.30. The minimum atomic E-state index is -1.09. The second-order valence-corrected chi connectivity index (χ2v) is 4.01. The summed E-state index contributed by atoms with van der Waals surface area (Å²) < 4.78 is 13.7. The molecule has 0 aliphatic rings. The van der Waals surface area contributed by atoms with Crippen LogP contribution in [0.3, 0.4) is 0 Å². The van der Waals surface area contributed by atoms with Crippen LogP contribution in [0.1, 0.15) is 34.1 Å². The van der Waals surface area contributed by atoms with E-state index in [-0.39, 0.29) is 5.92 Å². The molecule has 0 bridgehead atoms. The van der Waals surface area contributed by atoms with Gasteiger partial charge in [0, 0.05) is 5.92 Å². The van der Waals surface area contributed by atoms with Crippen LogP contribution in [0.4, 0.5) is 4.39 Å². The van der Waals surface area contributed by atoms with Crippen LogP contribution in [0, 0.1) is 11.8 Å². The van der Waals surface area contributed by atoms with Crippen molar-refractivity contribution in [1.29, 1.82) is 0 Å². The van der Waals surface area contributed by atoms with Crippen LogP contribution in [-0.2, 0) is 0 Å². The smallest absolute Gasteiger partial charge is 0.112 e. The van der Waals surface area contributed by atoms with Crippen molar-refractivity contribution in [1.82, 2.24) is 0 Å². The topological polar surface area (TPSA) is 26.0 Å². The maximum Gasteiger partial charge on any atom is 0.112 e. The summed E-state index contributed by atoms with van der Waals surface area (Å²) in [5.74, 6) is 0.365. The number of hydrogen-bond acceptors (Lipinski definition) is 1. The Labute approximate surface area is 69.2 Å². The van der Waals surface area contributed by atoms with E-state index >= 15 is 0 Å². The summed E-state index contributed by atoms with van der Waals surface area (Å²) in [7, 11) is 0. The van der Waals surface area contributed by atoms with E-state index in [1.807, 2.05) is 20.8 Å². The van der Waals surface area contributed by atoms with Crippen molar-refractivity contribution in [3.8, 4) is 0 Å². The monoisotopic (exact) mass is 161 g/mol. The number of alkyl halides is 1. The predicted octanol–water partition coefficient (Wildman–Crippen LogP) is 2.36. The van der Waals surface area contributed by atoms with E-state index in [0.29, 0.717) is 18.9 Å². The van der Waals surface area contributed by atoms with Crippen molar-refractivity contribution in [2.75, 3.05) is 6.54 Å². The molecule has 0 rings (SSSR count). The molecule has 0 saturated heterocycles. The van der Waals surface area contributed by atoms with Gasteiger partial charge in [-0.2, -0.15) is 0 Å². The van der Waals surface area contributed by atoms with Crippen molar-refractivity contribution in [2.24, 2.45) is 17.6 Å². The first-order valence-corrected chi connectivity index (χ1v) is 4.29. The maximum absolute atomic E-state index is 13.7. The minimum absolute atomic E-state index is 0.0371. The molecule has 0 radical (unpaired) electrons. The van der Waals surface area contributed by atoms with E-state index in [0.717, 1.165) is 0 Å². The summed E-state index contributed by atoms with van der Waals surface area (Å²) in [6.07, 6.45) is 0.603. The first-order chi connectivity index (χ1) is 4.90. The van der Waals surface area contributed by atoms with Gasteiger partial charge in [-0.25, -0.2) is 4.39 Å². The molecule has 2 unspecified atom stereocenters. The lowest BCUT2D eigenvalue weighted by Crippen LogP contribution is -2.34. The van der Waals surface area contributed by atoms with Crippen LogP contribution in [0.15, 0.2) is 0 Å². The summed E-state index contributed by atoms with van der Waals surface area (Å²) >= 11 is 0. The highest BCUT2D eigenvalue weighted by Gasteiger charge is 2.30. The lowest BCUT2D eigenvalue weighted by molar-refractivity contribution is 0.0901. The second-order valence-electron chi connectivity index (χ2n) is 4.01. The number of rotatable bonds is 4. The van der Waals surface area contributed by atoms with Crippen LogP contribution >= 0.6 is 0 Å². The first kappa shape index (κ1) is 10.9. The molecule has 2 N–H and O–H groups in total. The molecule has 0 saturated carbocycles. The fourth-order valence-electron chi connectivity index (χ4n) is 1.25. The SMILES string of the molecule is CC(C)CC(C)(F)C(C)CN. The lowest BCUT2D eigenvalue weighted by Gasteiger charge is -2.28. The Morgan fingerprint density at radius 1 is 1.36 bits per heavy atom. The van der Waals surface area contributed by atoms with Crippen LogP contribution in [-0.4, -0.2) is 12.2 Å². The first-order valence-electron chi connectivity index (χ1n) is 4.29. The zero-order valence-electron chi connectivity index (χ0n) is 8.02. The van der Waals surface area contributed by atoms with Gasteiger partial charge in [-0.05, 0) is 25.8 Å². The molecule has 0 spiro atoms. The third-order valence-corrected chi connectivity index (χ3v) is 2.19. The Hall–Kier alpha value is -0.110. The molecule has 0 aromatic heterocycles. The molecule has 11 heavy (non-hydrogen) atoms. The van der Waals surface area contributed by atoms with Gasteiger partial charge >= 0.3 is 0 Å². The molecule has 0 aromatic carbocycles. The summed E-state index contributed by atoms with van der Waals surface area (Å²) in [6, 6.07) is 0. The van der Waals surface area contributed by atoms with Gasteiger partial charge in [-0.3, -0.25) is 0 Å². The fourth-order valence-corrected chi connectivity index (χ4v) is 1.25. The fraction of sp³-hybridized carbons (Fsp3) is 1.00. The van der Waals surface area contributed by atoms with Gasteiger partial charge in [0.2, 0.25) is 0 Å². The molecule has 0 fully saturated rings. The molecule has 1 nitrogen and oxygen atoms in total. The zero-order chi connectivity index (χ0) is 9.07. The number of hydrogen-bond donors (Lipinski definition) is 1. The molecule has 0 aliphatic heterocycles. The Bertz CT molecular complexity index is 110. The van der Waals surface area contributed by atoms with E-state index in [9.17, 15) is 4.39 Å². The van der Waals surface area contributed by atoms with Gasteiger partial charge in [0.1, 0.15) is 5.67 Å². The van der Waals surface area contributed by atoms with Crippen molar-refractivity contribution in [3.63, 3.8) is 0 Å². The Balaban J connectivity index is 3.98. The zero-order valence-corrected chi connectivity index (χ0v) is 8.02. The molecule has 68 valence electrons. The van der Waals surface area contributed by atoms with E-state index in [1.165, 1.54) is 0 Å². The summed E-state index contributed by atoms with van der Waals surface area (Å²) in [5, 5.41) is 0. The average molecular weight is 161 g/mol. The molecule has 2 heteroatoms. The molecule has 0 aromatic rings. The van der Waals surface area contributed by atoms with Crippen molar-refractivity contribution in [2.45, 2.75) is 39.8 Å². The van der Waals surface area contributed by atoms with Crippen LogP contribution in [0.2, 0.25) is 0 Å². The highest BCUT2D eigenvalue weighted by molar-refractivity contribution is 4.81. The third kappa shape index (κ3) is 3.71. The van der Waals surface area contributed by atoms with Gasteiger partial charge in [0.15, 0.2) is 0 Å². The third-order valence-electron chi connectivity index (χ3n) is 2.19. The molecular formula is C9H20FN. The van der Waals surface area contributed by atoms with Gasteiger partial charge in [-0.1, -0.05) is 20.8 Å². The maximum atomic E-state index is 13.7. The van der Waals surface area contributed by atoms with E-state index in [1.54, 1.807) is 6.92 Å². The predicted molar refractivity (Wildman–Crippen MR) is 47.2 cm³/mol. The Kier molecular flexibility index (Phi) is 4.01. The average Bonchev–Trinajstić information content (AvgIpc) is 1.83. The van der Waals surface area contributed by atoms with Gasteiger partial charge in [-0.15, -0.1) is 0 Å². The highest BCUT2D eigenvalue weighted by atomic mass is 19.1. The lowest BCUT2D eigenvalue weighted by atomic mass is 9.85. The second kappa shape index (κ2) is 4.05. The normalized spacial score (nSPS) is 19.9. The Morgan fingerprint density at radius 2 is 1.82 bits per heavy atom. The van der Waals surface area contributed by atoms with Crippen molar-refractivity contribution in [3.05, 3.63) is 0 Å². The minimum Gasteiger partial charge on any atom is -0.330 e. The van der Waals surface area contributed by atoms with Crippen LogP contribution < -0.4 is 5.73 Å². The highest BCUT2D eigenvalue weighted by Crippen LogP contribution is 2.28. The molecule has 0 heterocycles.